The molecule has 0 aliphatic rings. The number of hydrogen-bond donors (Lipinski definition) is 1. The third-order valence-electron chi connectivity index (χ3n) is 1.08. The maximum Gasteiger partial charge on any atom is 0.0178 e. The summed E-state index contributed by atoms with van der Waals surface area (Å²) in [4.78, 5) is 0. The van der Waals surface area contributed by atoms with Crippen molar-refractivity contribution in [3.63, 3.8) is 0 Å². The second-order valence-corrected chi connectivity index (χ2v) is 1.69. The van der Waals surface area contributed by atoms with Gasteiger partial charge in [-0.2, -0.15) is 0 Å². The maximum atomic E-state index is 5.35. The summed E-state index contributed by atoms with van der Waals surface area (Å²) in [6, 6.07) is 9.99. The van der Waals surface area contributed by atoms with E-state index in [0.29, 0.717) is 6.54 Å². The van der Waals surface area contributed by atoms with Gasteiger partial charge in [0.1, 0.15) is 0 Å². The number of terminal acetylenes is 2. The fraction of sp³-hybridized carbons (Fsp3) is 0.0909. The van der Waals surface area contributed by atoms with Crippen LogP contribution in [-0.4, -0.2) is 0 Å². The lowest BCUT2D eigenvalue weighted by molar-refractivity contribution is 1.07. The molecule has 2 N–H and O–H groups in total. The van der Waals surface area contributed by atoms with Gasteiger partial charge in [0.15, 0.2) is 0 Å². The van der Waals surface area contributed by atoms with Gasteiger partial charge in [-0.1, -0.05) is 30.3 Å². The zero-order valence-corrected chi connectivity index (χ0v) is 6.98. The van der Waals surface area contributed by atoms with Crippen molar-refractivity contribution in [1.82, 2.24) is 0 Å². The van der Waals surface area contributed by atoms with Gasteiger partial charge in [-0.05, 0) is 5.56 Å². The zero-order chi connectivity index (χ0) is 9.82. The Hall–Kier alpha value is -1.70. The van der Waals surface area contributed by atoms with Gasteiger partial charge in [-0.15, -0.1) is 25.7 Å². The molecule has 0 fully saturated rings. The van der Waals surface area contributed by atoms with E-state index in [1.54, 1.807) is 0 Å². The highest BCUT2D eigenvalue weighted by atomic mass is 14.5. The van der Waals surface area contributed by atoms with Gasteiger partial charge in [0, 0.05) is 6.54 Å². The first kappa shape index (κ1) is 12.9. The quantitative estimate of drug-likeness (QED) is 0.619. The van der Waals surface area contributed by atoms with E-state index >= 15 is 0 Å². The van der Waals surface area contributed by atoms with Crippen molar-refractivity contribution in [2.45, 2.75) is 6.54 Å². The molecule has 0 saturated carbocycles. The van der Waals surface area contributed by atoms with Crippen molar-refractivity contribution in [2.75, 3.05) is 0 Å². The Bertz CT molecular complexity index is 202. The Morgan fingerprint density at radius 1 is 0.917 bits per heavy atom. The Balaban J connectivity index is 0. The summed E-state index contributed by atoms with van der Waals surface area (Å²) in [5.74, 6) is 0. The van der Waals surface area contributed by atoms with Crippen molar-refractivity contribution in [2.24, 2.45) is 5.73 Å². The van der Waals surface area contributed by atoms with E-state index in [0.717, 1.165) is 0 Å². The molecule has 0 amide bonds. The predicted octanol–water partition coefficient (Wildman–Crippen LogP) is 1.64. The molecule has 1 heteroatoms. The second-order valence-electron chi connectivity index (χ2n) is 1.69. The van der Waals surface area contributed by atoms with Crippen LogP contribution in [0.3, 0.4) is 0 Å². The van der Waals surface area contributed by atoms with Gasteiger partial charge in [0.05, 0.1) is 0 Å². The van der Waals surface area contributed by atoms with Crippen LogP contribution in [0.1, 0.15) is 5.56 Å². The van der Waals surface area contributed by atoms with Gasteiger partial charge in [-0.3, -0.25) is 0 Å². The van der Waals surface area contributed by atoms with Gasteiger partial charge >= 0.3 is 0 Å². The van der Waals surface area contributed by atoms with Crippen molar-refractivity contribution < 1.29 is 0 Å². The minimum atomic E-state index is 0.640. The average Bonchev–Trinajstić information content (AvgIpc) is 2.25. The molecule has 1 rings (SSSR count). The van der Waals surface area contributed by atoms with Gasteiger partial charge in [0.25, 0.3) is 0 Å². The zero-order valence-electron chi connectivity index (χ0n) is 6.98. The molecule has 0 saturated heterocycles. The van der Waals surface area contributed by atoms with Crippen molar-refractivity contribution >= 4 is 0 Å². The van der Waals surface area contributed by atoms with Crippen LogP contribution in [0.15, 0.2) is 30.3 Å². The lowest BCUT2D eigenvalue weighted by atomic mass is 10.2. The summed E-state index contributed by atoms with van der Waals surface area (Å²) in [5, 5.41) is 0. The average molecular weight is 159 g/mol. The fourth-order valence-electron chi connectivity index (χ4n) is 0.614. The normalized spacial score (nSPS) is 6.42. The number of hydrogen-bond acceptors (Lipinski definition) is 1. The molecule has 0 unspecified atom stereocenters. The Kier molecular flexibility index (Phi) is 13.0. The van der Waals surface area contributed by atoms with E-state index < -0.39 is 0 Å². The molecular formula is C11H13N. The minimum absolute atomic E-state index is 0.640. The van der Waals surface area contributed by atoms with Gasteiger partial charge < -0.3 is 5.73 Å². The number of nitrogens with two attached hydrogens (primary N) is 1. The molecule has 0 bridgehead atoms. The molecule has 0 aliphatic carbocycles. The fourth-order valence-corrected chi connectivity index (χ4v) is 0.614. The van der Waals surface area contributed by atoms with E-state index in [-0.39, 0.29) is 0 Å². The van der Waals surface area contributed by atoms with Crippen molar-refractivity contribution in [3.05, 3.63) is 35.9 Å². The third kappa shape index (κ3) is 6.42. The van der Waals surface area contributed by atoms with Crippen LogP contribution in [0.2, 0.25) is 0 Å². The summed E-state index contributed by atoms with van der Waals surface area (Å²) >= 11 is 0. The smallest absolute Gasteiger partial charge is 0.0178 e. The Labute approximate surface area is 74.6 Å². The molecule has 0 spiro atoms. The summed E-state index contributed by atoms with van der Waals surface area (Å²) in [6.07, 6.45) is 16.0. The lowest BCUT2D eigenvalue weighted by Crippen LogP contribution is -1.94. The third-order valence-corrected chi connectivity index (χ3v) is 1.08. The molecule has 0 atom stereocenters. The Morgan fingerprint density at radius 3 is 1.58 bits per heavy atom. The number of benzene rings is 1. The molecule has 1 aromatic rings. The van der Waals surface area contributed by atoms with E-state index in [1.165, 1.54) is 5.56 Å². The molecule has 1 nitrogen and oxygen atoms in total. The maximum absolute atomic E-state index is 5.35. The molecule has 0 heterocycles. The number of rotatable bonds is 1. The van der Waals surface area contributed by atoms with E-state index in [2.05, 4.69) is 25.7 Å². The summed E-state index contributed by atoms with van der Waals surface area (Å²) in [6.45, 7) is 0.640. The highest BCUT2D eigenvalue weighted by molar-refractivity contribution is 5.13. The summed E-state index contributed by atoms with van der Waals surface area (Å²) < 4.78 is 0. The van der Waals surface area contributed by atoms with Crippen LogP contribution in [0.4, 0.5) is 0 Å². The predicted molar refractivity (Wildman–Crippen MR) is 54.1 cm³/mol. The van der Waals surface area contributed by atoms with Crippen LogP contribution < -0.4 is 5.73 Å². The van der Waals surface area contributed by atoms with Crippen molar-refractivity contribution in [3.8, 4) is 25.7 Å². The molecule has 62 valence electrons. The molecule has 1 aromatic carbocycles. The van der Waals surface area contributed by atoms with Crippen LogP contribution >= 0.6 is 0 Å². The summed E-state index contributed by atoms with van der Waals surface area (Å²) in [7, 11) is 0. The highest BCUT2D eigenvalue weighted by Crippen LogP contribution is 1.94. The lowest BCUT2D eigenvalue weighted by Gasteiger charge is -1.90. The van der Waals surface area contributed by atoms with Crippen LogP contribution in [0, 0.1) is 25.7 Å². The van der Waals surface area contributed by atoms with Crippen LogP contribution in [0.25, 0.3) is 0 Å². The first-order chi connectivity index (χ1) is 5.93. The van der Waals surface area contributed by atoms with Gasteiger partial charge in [0.2, 0.25) is 0 Å². The first-order valence-electron chi connectivity index (χ1n) is 3.34. The second kappa shape index (κ2) is 12.0. The Morgan fingerprint density at radius 2 is 1.33 bits per heavy atom. The van der Waals surface area contributed by atoms with Gasteiger partial charge in [-0.25, -0.2) is 0 Å². The van der Waals surface area contributed by atoms with Crippen LogP contribution in [-0.2, 0) is 6.54 Å². The summed E-state index contributed by atoms with van der Waals surface area (Å²) in [5.41, 5.74) is 6.54. The SMILES string of the molecule is C#C.C#C.NCc1ccccc1. The molecule has 0 radical (unpaired) electrons. The molecule has 0 aliphatic heterocycles. The van der Waals surface area contributed by atoms with E-state index in [1.807, 2.05) is 30.3 Å². The van der Waals surface area contributed by atoms with E-state index in [4.69, 9.17) is 5.73 Å². The molecule has 12 heavy (non-hydrogen) atoms. The topological polar surface area (TPSA) is 26.0 Å². The van der Waals surface area contributed by atoms with Crippen molar-refractivity contribution in [1.29, 1.82) is 0 Å². The largest absolute Gasteiger partial charge is 0.326 e. The monoisotopic (exact) mass is 159 g/mol. The molecule has 0 aromatic heterocycles. The molecular weight excluding hydrogens is 146 g/mol. The highest BCUT2D eigenvalue weighted by Gasteiger charge is 1.80. The van der Waals surface area contributed by atoms with Crippen LogP contribution in [0.5, 0.6) is 0 Å². The first-order valence-corrected chi connectivity index (χ1v) is 3.34. The minimum Gasteiger partial charge on any atom is -0.326 e. The standard InChI is InChI=1S/C7H9N.2C2H2/c8-6-7-4-2-1-3-5-7;2*1-2/h1-5H,6,8H2;2*1-2H. The van der Waals surface area contributed by atoms with E-state index in [9.17, 15) is 0 Å².